The van der Waals surface area contributed by atoms with Crippen LogP contribution >= 0.6 is 11.6 Å². The second kappa shape index (κ2) is 9.88. The fourth-order valence-corrected chi connectivity index (χ4v) is 4.14. The zero-order valence-corrected chi connectivity index (χ0v) is 19.5. The number of rotatable bonds is 7. The van der Waals surface area contributed by atoms with Crippen LogP contribution in [0.5, 0.6) is 0 Å². The van der Waals surface area contributed by atoms with Crippen LogP contribution in [0, 0.1) is 13.8 Å². The summed E-state index contributed by atoms with van der Waals surface area (Å²) in [5.41, 5.74) is 7.71. The van der Waals surface area contributed by atoms with Crippen molar-refractivity contribution in [2.75, 3.05) is 5.32 Å². The Bertz CT molecular complexity index is 1280. The van der Waals surface area contributed by atoms with E-state index in [1.165, 1.54) is 0 Å². The van der Waals surface area contributed by atoms with E-state index in [4.69, 9.17) is 11.6 Å². The first kappa shape index (κ1) is 22.6. The minimum absolute atomic E-state index is 0.0634. The minimum atomic E-state index is -0.314. The molecule has 4 rings (SSSR count). The monoisotopic (exact) mass is 455 g/mol. The molecule has 0 saturated carbocycles. The molecule has 0 spiro atoms. The van der Waals surface area contributed by atoms with Crippen molar-refractivity contribution in [3.63, 3.8) is 0 Å². The van der Waals surface area contributed by atoms with E-state index < -0.39 is 0 Å². The molecule has 0 saturated heterocycles. The lowest BCUT2D eigenvalue weighted by atomic mass is 10.0. The molecule has 0 bridgehead atoms. The van der Waals surface area contributed by atoms with Crippen molar-refractivity contribution in [1.82, 2.24) is 5.32 Å². The van der Waals surface area contributed by atoms with Crippen molar-refractivity contribution >= 4 is 46.4 Å². The van der Waals surface area contributed by atoms with Crippen molar-refractivity contribution in [3.05, 3.63) is 107 Å². The second-order valence-corrected chi connectivity index (χ2v) is 8.57. The molecule has 2 N–H and O–H groups in total. The number of hydrogen-bond acceptors (Lipinski definition) is 4. The van der Waals surface area contributed by atoms with Gasteiger partial charge in [-0.15, -0.1) is 0 Å². The van der Waals surface area contributed by atoms with Crippen LogP contribution in [0.25, 0.3) is 5.70 Å². The van der Waals surface area contributed by atoms with E-state index in [-0.39, 0.29) is 11.8 Å². The number of nitrogens with one attached hydrogen (secondary N) is 2. The van der Waals surface area contributed by atoms with Gasteiger partial charge in [-0.25, -0.2) is 0 Å². The Kier molecular flexibility index (Phi) is 6.76. The summed E-state index contributed by atoms with van der Waals surface area (Å²) in [6, 6.07) is 19.5. The quantitative estimate of drug-likeness (QED) is 0.389. The summed E-state index contributed by atoms with van der Waals surface area (Å²) in [6.07, 6.45) is 5.62. The normalized spacial score (nSPS) is 15.4. The van der Waals surface area contributed by atoms with E-state index in [9.17, 15) is 4.79 Å². The molecule has 1 aliphatic rings. The zero-order valence-electron chi connectivity index (χ0n) is 18.7. The molecule has 1 unspecified atom stereocenters. The van der Waals surface area contributed by atoms with E-state index in [1.807, 2.05) is 55.5 Å². The summed E-state index contributed by atoms with van der Waals surface area (Å²) in [6.45, 7) is 7.78. The summed E-state index contributed by atoms with van der Waals surface area (Å²) in [4.78, 5) is 17.2. The van der Waals surface area contributed by atoms with Gasteiger partial charge in [0.25, 0.3) is 0 Å². The highest BCUT2D eigenvalue weighted by Crippen LogP contribution is 2.33. The average Bonchev–Trinajstić information content (AvgIpc) is 3.14. The molecule has 1 heterocycles. The van der Waals surface area contributed by atoms with Gasteiger partial charge in [0.1, 0.15) is 0 Å². The predicted octanol–water partition coefficient (Wildman–Crippen LogP) is 6.71. The number of allylic oxidation sites excluding steroid dienone is 1. The lowest BCUT2D eigenvalue weighted by Crippen LogP contribution is -2.30. The summed E-state index contributed by atoms with van der Waals surface area (Å²) in [7, 11) is 0. The average molecular weight is 456 g/mol. The van der Waals surface area contributed by atoms with Crippen molar-refractivity contribution in [1.29, 1.82) is 0 Å². The van der Waals surface area contributed by atoms with Crippen molar-refractivity contribution in [3.8, 4) is 0 Å². The highest BCUT2D eigenvalue weighted by Gasteiger charge is 2.26. The van der Waals surface area contributed by atoms with Crippen LogP contribution in [0.3, 0.4) is 0 Å². The van der Waals surface area contributed by atoms with Crippen LogP contribution in [0.2, 0.25) is 5.02 Å². The third-order valence-corrected chi connectivity index (χ3v) is 5.88. The van der Waals surface area contributed by atoms with Gasteiger partial charge in [-0.2, -0.15) is 0 Å². The van der Waals surface area contributed by atoms with Gasteiger partial charge in [-0.3, -0.25) is 9.79 Å². The SMILES string of the molecule is C=CC=Nc1cccc(Nc2cc(C)ccc2C2=CC(=O)C(Cc3cccc(Cl)c3)N2)c1C. The number of ketones is 1. The second-order valence-electron chi connectivity index (χ2n) is 8.13. The first-order chi connectivity index (χ1) is 15.9. The maximum Gasteiger partial charge on any atom is 0.180 e. The molecule has 33 heavy (non-hydrogen) atoms. The van der Waals surface area contributed by atoms with Crippen LogP contribution in [-0.4, -0.2) is 18.0 Å². The predicted molar refractivity (Wildman–Crippen MR) is 139 cm³/mol. The molecule has 1 atom stereocenters. The first-order valence-corrected chi connectivity index (χ1v) is 11.2. The Labute approximate surface area is 199 Å². The summed E-state index contributed by atoms with van der Waals surface area (Å²) >= 11 is 6.12. The van der Waals surface area contributed by atoms with E-state index in [0.717, 1.165) is 45.0 Å². The molecule has 3 aromatic rings. The highest BCUT2D eigenvalue weighted by atomic mass is 35.5. The number of aliphatic imine (C=N–C) groups is 1. The highest BCUT2D eigenvalue weighted by molar-refractivity contribution is 6.30. The third-order valence-electron chi connectivity index (χ3n) is 5.65. The van der Waals surface area contributed by atoms with Crippen molar-refractivity contribution in [2.24, 2.45) is 4.99 Å². The van der Waals surface area contributed by atoms with E-state index in [2.05, 4.69) is 41.3 Å². The van der Waals surface area contributed by atoms with Gasteiger partial charge in [-0.05, 0) is 60.9 Å². The standard InChI is InChI=1S/C28H26ClN3O/c1-4-13-30-23-9-6-10-24(19(23)3)31-25-14-18(2)11-12-22(25)26-17-28(33)27(32-26)16-20-7-5-8-21(29)15-20/h4-15,17,27,31-32H,1,16H2,2-3H3. The van der Waals surface area contributed by atoms with E-state index in [1.54, 1.807) is 18.4 Å². The maximum atomic E-state index is 12.8. The van der Waals surface area contributed by atoms with Gasteiger partial charge in [0, 0.05) is 46.4 Å². The van der Waals surface area contributed by atoms with Crippen LogP contribution in [0.1, 0.15) is 22.3 Å². The van der Waals surface area contributed by atoms with Gasteiger partial charge in [0.05, 0.1) is 11.7 Å². The molecule has 0 amide bonds. The molecular weight excluding hydrogens is 430 g/mol. The summed E-state index contributed by atoms with van der Waals surface area (Å²) in [5, 5.41) is 7.64. The fourth-order valence-electron chi connectivity index (χ4n) is 3.92. The van der Waals surface area contributed by atoms with Gasteiger partial charge < -0.3 is 10.6 Å². The molecule has 0 radical (unpaired) electrons. The van der Waals surface area contributed by atoms with Crippen molar-refractivity contribution in [2.45, 2.75) is 26.3 Å². The molecule has 0 aromatic heterocycles. The van der Waals surface area contributed by atoms with Crippen LogP contribution in [0.15, 0.2) is 84.4 Å². The minimum Gasteiger partial charge on any atom is -0.374 e. The summed E-state index contributed by atoms with van der Waals surface area (Å²) < 4.78 is 0. The van der Waals surface area contributed by atoms with Gasteiger partial charge in [-0.1, -0.05) is 54.6 Å². The largest absolute Gasteiger partial charge is 0.374 e. The van der Waals surface area contributed by atoms with E-state index >= 15 is 0 Å². The van der Waals surface area contributed by atoms with Gasteiger partial charge in [0.15, 0.2) is 5.78 Å². The molecule has 166 valence electrons. The molecule has 4 nitrogen and oxygen atoms in total. The Balaban J connectivity index is 1.61. The number of halogens is 1. The Morgan fingerprint density at radius 1 is 1.09 bits per heavy atom. The Morgan fingerprint density at radius 2 is 1.91 bits per heavy atom. The number of aryl methyl sites for hydroxylation is 1. The number of hydrogen-bond donors (Lipinski definition) is 2. The van der Waals surface area contributed by atoms with Crippen LogP contribution in [-0.2, 0) is 11.2 Å². The van der Waals surface area contributed by atoms with Gasteiger partial charge >= 0.3 is 0 Å². The number of carbonyl (C=O) groups excluding carboxylic acids is 1. The van der Waals surface area contributed by atoms with Crippen LogP contribution in [0.4, 0.5) is 17.1 Å². The Morgan fingerprint density at radius 3 is 2.70 bits per heavy atom. The maximum absolute atomic E-state index is 12.8. The topological polar surface area (TPSA) is 53.5 Å². The molecular formula is C28H26ClN3O. The molecule has 0 fully saturated rings. The fraction of sp³-hybridized carbons (Fsp3) is 0.143. The lowest BCUT2D eigenvalue weighted by Gasteiger charge is -2.18. The zero-order chi connectivity index (χ0) is 23.4. The number of nitrogens with zero attached hydrogens (tertiary/aromatic N) is 1. The van der Waals surface area contributed by atoms with E-state index in [0.29, 0.717) is 11.4 Å². The number of carbonyl (C=O) groups is 1. The smallest absolute Gasteiger partial charge is 0.180 e. The third kappa shape index (κ3) is 5.24. The lowest BCUT2D eigenvalue weighted by molar-refractivity contribution is -0.115. The molecule has 5 heteroatoms. The van der Waals surface area contributed by atoms with Crippen LogP contribution < -0.4 is 10.6 Å². The molecule has 3 aromatic carbocycles. The first-order valence-electron chi connectivity index (χ1n) is 10.8. The molecule has 1 aliphatic heterocycles. The van der Waals surface area contributed by atoms with Crippen molar-refractivity contribution < 1.29 is 4.79 Å². The number of benzene rings is 3. The number of anilines is 2. The van der Waals surface area contributed by atoms with Gasteiger partial charge in [0.2, 0.25) is 0 Å². The Hall–Kier alpha value is -3.63. The molecule has 0 aliphatic carbocycles. The summed E-state index contributed by atoms with van der Waals surface area (Å²) in [5.74, 6) is 0.0634.